The van der Waals surface area contributed by atoms with E-state index in [0.29, 0.717) is 18.4 Å². The van der Waals surface area contributed by atoms with Gasteiger partial charge in [0.1, 0.15) is 6.10 Å². The number of phosphoric acid groups is 1. The molecule has 310 valence electrons. The quantitative estimate of drug-likeness (QED) is 0.0382. The van der Waals surface area contributed by atoms with Crippen LogP contribution in [0.1, 0.15) is 198 Å². The Hall–Kier alpha value is -0.0100. The van der Waals surface area contributed by atoms with Crippen LogP contribution in [0.15, 0.2) is 0 Å². The van der Waals surface area contributed by atoms with Gasteiger partial charge in [-0.1, -0.05) is 185 Å². The van der Waals surface area contributed by atoms with E-state index >= 15 is 0 Å². The van der Waals surface area contributed by atoms with Crippen molar-refractivity contribution >= 4 is 7.82 Å². The summed E-state index contributed by atoms with van der Waals surface area (Å²) in [6, 6.07) is 0. The van der Waals surface area contributed by atoms with Crippen LogP contribution in [0.2, 0.25) is 0 Å². The van der Waals surface area contributed by atoms with Crippen molar-refractivity contribution in [3.63, 3.8) is 0 Å². The first-order valence-electron chi connectivity index (χ1n) is 21.5. The van der Waals surface area contributed by atoms with Gasteiger partial charge in [-0.15, -0.1) is 0 Å². The SMILES string of the molecule is CC(C)CCCC(C)CCCC(C)CCCC(C)CCOCC(CO)OCCC(C)CCCC(C)CCCC(C)CCCC(C)C.O=P(O)(O)O. The van der Waals surface area contributed by atoms with Crippen molar-refractivity contribution in [1.82, 2.24) is 0 Å². The van der Waals surface area contributed by atoms with Crippen LogP contribution in [0.3, 0.4) is 0 Å². The third-order valence-electron chi connectivity index (χ3n) is 10.8. The predicted molar refractivity (Wildman–Crippen MR) is 219 cm³/mol. The number of rotatable bonds is 34. The van der Waals surface area contributed by atoms with E-state index in [-0.39, 0.29) is 12.7 Å². The van der Waals surface area contributed by atoms with Gasteiger partial charge in [0.25, 0.3) is 0 Å². The Labute approximate surface area is 318 Å². The summed E-state index contributed by atoms with van der Waals surface area (Å²) in [5.41, 5.74) is 0. The number of aliphatic hydroxyl groups is 1. The van der Waals surface area contributed by atoms with E-state index in [2.05, 4.69) is 69.2 Å². The minimum atomic E-state index is -4.64. The van der Waals surface area contributed by atoms with Gasteiger partial charge in [0.05, 0.1) is 13.2 Å². The van der Waals surface area contributed by atoms with Crippen molar-refractivity contribution in [2.75, 3.05) is 26.4 Å². The van der Waals surface area contributed by atoms with Crippen molar-refractivity contribution in [3.05, 3.63) is 0 Å². The van der Waals surface area contributed by atoms with Crippen LogP contribution in [0.5, 0.6) is 0 Å². The van der Waals surface area contributed by atoms with Crippen molar-refractivity contribution in [3.8, 4) is 0 Å². The summed E-state index contributed by atoms with van der Waals surface area (Å²) in [6.45, 7) is 25.9. The third-order valence-corrected chi connectivity index (χ3v) is 10.8. The third kappa shape index (κ3) is 44.3. The van der Waals surface area contributed by atoms with Gasteiger partial charge in [-0.3, -0.25) is 0 Å². The number of hydrogen-bond donors (Lipinski definition) is 4. The summed E-state index contributed by atoms with van der Waals surface area (Å²) in [7, 11) is -4.64. The van der Waals surface area contributed by atoms with Gasteiger partial charge >= 0.3 is 7.82 Å². The van der Waals surface area contributed by atoms with Gasteiger partial charge in [0.2, 0.25) is 0 Å². The monoisotopic (exact) mass is 751 g/mol. The molecule has 0 aliphatic rings. The molecule has 0 radical (unpaired) electrons. The maximum Gasteiger partial charge on any atom is 0.466 e. The number of aliphatic hydroxyl groups excluding tert-OH is 1. The molecule has 4 N–H and O–H groups in total. The lowest BCUT2D eigenvalue weighted by atomic mass is 9.91. The van der Waals surface area contributed by atoms with E-state index in [1.165, 1.54) is 116 Å². The highest BCUT2D eigenvalue weighted by Crippen LogP contribution is 2.26. The molecule has 0 aliphatic carbocycles. The molecule has 7 unspecified atom stereocenters. The Kier molecular flexibility index (Phi) is 35.9. The van der Waals surface area contributed by atoms with Crippen LogP contribution in [-0.4, -0.2) is 52.3 Å². The van der Waals surface area contributed by atoms with Crippen molar-refractivity contribution in [2.45, 2.75) is 204 Å². The van der Waals surface area contributed by atoms with Crippen LogP contribution in [0, 0.1) is 47.3 Å². The van der Waals surface area contributed by atoms with Crippen molar-refractivity contribution in [1.29, 1.82) is 0 Å². The van der Waals surface area contributed by atoms with E-state index in [1.807, 2.05) is 0 Å². The van der Waals surface area contributed by atoms with Crippen LogP contribution in [-0.2, 0) is 14.0 Å². The summed E-state index contributed by atoms with van der Waals surface area (Å²) in [5, 5.41) is 9.78. The average Bonchev–Trinajstić information content (AvgIpc) is 3.01. The molecule has 51 heavy (non-hydrogen) atoms. The van der Waals surface area contributed by atoms with Gasteiger partial charge in [-0.25, -0.2) is 4.57 Å². The fourth-order valence-corrected chi connectivity index (χ4v) is 6.96. The number of ether oxygens (including phenoxy) is 2. The fourth-order valence-electron chi connectivity index (χ4n) is 6.96. The Morgan fingerprint density at radius 2 is 0.686 bits per heavy atom. The molecule has 0 aromatic heterocycles. The molecular weight excluding hydrogens is 659 g/mol. The van der Waals surface area contributed by atoms with Crippen LogP contribution in [0.25, 0.3) is 0 Å². The second-order valence-corrected chi connectivity index (χ2v) is 18.9. The molecule has 0 aromatic rings. The molecule has 0 saturated carbocycles. The first-order chi connectivity index (χ1) is 23.9. The zero-order valence-corrected chi connectivity index (χ0v) is 36.5. The Morgan fingerprint density at radius 1 is 0.431 bits per heavy atom. The second-order valence-electron chi connectivity index (χ2n) is 17.8. The molecule has 0 spiro atoms. The lowest BCUT2D eigenvalue weighted by molar-refractivity contribution is -0.0471. The van der Waals surface area contributed by atoms with E-state index in [0.717, 1.165) is 61.6 Å². The Bertz CT molecular complexity index is 765. The van der Waals surface area contributed by atoms with Crippen LogP contribution < -0.4 is 0 Å². The average molecular weight is 751 g/mol. The van der Waals surface area contributed by atoms with Gasteiger partial charge in [0, 0.05) is 13.2 Å². The van der Waals surface area contributed by atoms with Crippen molar-refractivity contribution < 1.29 is 33.8 Å². The lowest BCUT2D eigenvalue weighted by Crippen LogP contribution is -2.25. The smallest absolute Gasteiger partial charge is 0.394 e. The molecule has 8 heteroatoms. The second kappa shape index (κ2) is 34.5. The summed E-state index contributed by atoms with van der Waals surface area (Å²) in [4.78, 5) is 21.6. The van der Waals surface area contributed by atoms with E-state index in [1.54, 1.807) is 0 Å². The lowest BCUT2D eigenvalue weighted by Gasteiger charge is -2.19. The molecule has 0 rings (SSSR count). The highest BCUT2D eigenvalue weighted by molar-refractivity contribution is 7.45. The first-order valence-corrected chi connectivity index (χ1v) is 23.1. The van der Waals surface area contributed by atoms with Gasteiger partial charge < -0.3 is 29.3 Å². The van der Waals surface area contributed by atoms with E-state index in [4.69, 9.17) is 28.7 Å². The molecule has 0 bridgehead atoms. The molecule has 0 saturated heterocycles. The molecule has 7 nitrogen and oxygen atoms in total. The normalized spacial score (nSPS) is 16.4. The van der Waals surface area contributed by atoms with Crippen LogP contribution >= 0.6 is 7.82 Å². The molecule has 7 atom stereocenters. The van der Waals surface area contributed by atoms with Gasteiger partial charge in [-0.05, 0) is 60.2 Å². The minimum Gasteiger partial charge on any atom is -0.394 e. The van der Waals surface area contributed by atoms with Crippen molar-refractivity contribution in [2.24, 2.45) is 47.3 Å². The largest absolute Gasteiger partial charge is 0.466 e. The molecule has 0 fully saturated rings. The minimum absolute atomic E-state index is 0.0480. The van der Waals surface area contributed by atoms with Crippen LogP contribution in [0.4, 0.5) is 0 Å². The summed E-state index contributed by atoms with van der Waals surface area (Å²) < 4.78 is 20.8. The first kappa shape index (κ1) is 53.1. The van der Waals surface area contributed by atoms with Gasteiger partial charge in [-0.2, -0.15) is 0 Å². The van der Waals surface area contributed by atoms with E-state index < -0.39 is 7.82 Å². The summed E-state index contributed by atoms with van der Waals surface area (Å²) in [6.07, 6.45) is 26.8. The number of hydrogen-bond acceptors (Lipinski definition) is 4. The highest BCUT2D eigenvalue weighted by Gasteiger charge is 2.13. The van der Waals surface area contributed by atoms with E-state index in [9.17, 15) is 5.11 Å². The summed E-state index contributed by atoms with van der Waals surface area (Å²) >= 11 is 0. The molecule has 0 amide bonds. The molecule has 0 heterocycles. The highest BCUT2D eigenvalue weighted by atomic mass is 31.2. The maximum atomic E-state index is 9.78. The zero-order chi connectivity index (χ0) is 39.1. The topological polar surface area (TPSA) is 116 Å². The molecule has 0 aliphatic heterocycles. The zero-order valence-electron chi connectivity index (χ0n) is 35.6. The molecule has 0 aromatic carbocycles. The standard InChI is InChI=1S/C43H88O3.H3O4P/c1-35(2)17-11-19-37(5)21-13-23-39(7)25-15-27-41(9)29-31-45-34-43(33-44)46-32-30-42(10)28-16-26-40(8)24-14-22-38(6)20-12-18-36(3)4;1-5(2,3)4/h35-44H,11-34H2,1-10H3;(H3,1,2,3,4). The predicted octanol–water partition coefficient (Wildman–Crippen LogP) is 12.4. The summed E-state index contributed by atoms with van der Waals surface area (Å²) in [5.74, 6) is 6.57. The maximum absolute atomic E-state index is 9.78. The van der Waals surface area contributed by atoms with Gasteiger partial charge in [0.15, 0.2) is 0 Å². The Morgan fingerprint density at radius 3 is 0.961 bits per heavy atom. The molecular formula is C43H91O7P. The Balaban J connectivity index is 0. The fraction of sp³-hybridized carbons (Fsp3) is 1.00.